The number of nitrogens with one attached hydrogen (secondary N) is 1. The number of piperidine rings is 2. The van der Waals surface area contributed by atoms with Gasteiger partial charge in [0.05, 0.1) is 26.2 Å². The molecule has 2 aliphatic heterocycles. The molecule has 0 amide bonds. The molecule has 0 bridgehead atoms. The van der Waals surface area contributed by atoms with E-state index in [2.05, 4.69) is 29.2 Å². The zero-order valence-corrected chi connectivity index (χ0v) is 21.9. The second kappa shape index (κ2) is 10.9. The Morgan fingerprint density at radius 2 is 1.66 bits per heavy atom. The van der Waals surface area contributed by atoms with Crippen molar-refractivity contribution in [3.63, 3.8) is 0 Å². The lowest BCUT2D eigenvalue weighted by Gasteiger charge is -2.48. The van der Waals surface area contributed by atoms with Crippen molar-refractivity contribution in [1.29, 1.82) is 0 Å². The highest BCUT2D eigenvalue weighted by molar-refractivity contribution is 5.75. The summed E-state index contributed by atoms with van der Waals surface area (Å²) in [5.41, 5.74) is 0.713. The number of halogens is 4. The van der Waals surface area contributed by atoms with Crippen molar-refractivity contribution in [1.82, 2.24) is 9.97 Å². The summed E-state index contributed by atoms with van der Waals surface area (Å²) in [5.74, 6) is -1.23. The monoisotopic (exact) mass is 528 g/mol. The number of rotatable bonds is 6. The van der Waals surface area contributed by atoms with E-state index in [1.807, 2.05) is 0 Å². The van der Waals surface area contributed by atoms with Gasteiger partial charge < -0.3 is 14.7 Å². The minimum atomic E-state index is -0.745. The molecule has 3 heterocycles. The van der Waals surface area contributed by atoms with E-state index in [1.165, 1.54) is 56.4 Å². The lowest BCUT2D eigenvalue weighted by molar-refractivity contribution is -0.941. The summed E-state index contributed by atoms with van der Waals surface area (Å²) in [7, 11) is 2.38. The zero-order valence-electron chi connectivity index (χ0n) is 21.9. The van der Waals surface area contributed by atoms with E-state index in [1.54, 1.807) is 0 Å². The Kier molecular flexibility index (Phi) is 7.56. The fourth-order valence-electron chi connectivity index (χ4n) is 6.13. The summed E-state index contributed by atoms with van der Waals surface area (Å²) in [6, 6.07) is 7.27. The largest absolute Gasteiger partial charge is 0.365 e. The standard InChI is InChI=1S/C29H34F4N5/c1-19-4-3-13-38(2,18-19)23-9-11-37(12-10-23)29-35-17-25(24-8-7-22(31)15-27(24)33)28(36-29)34-16-20-5-6-21(30)14-26(20)32/h5-8,14-15,17,19,23H,3-4,9-13,16,18H2,1-2H3,(H,34,35,36)/q+1. The van der Waals surface area contributed by atoms with Gasteiger partial charge in [0.1, 0.15) is 29.1 Å². The Labute approximate surface area is 221 Å². The maximum absolute atomic E-state index is 14.7. The summed E-state index contributed by atoms with van der Waals surface area (Å²) in [4.78, 5) is 11.4. The third-order valence-electron chi connectivity index (χ3n) is 8.18. The number of hydrogen-bond acceptors (Lipinski definition) is 4. The topological polar surface area (TPSA) is 41.1 Å². The number of likely N-dealkylation sites (tertiary alicyclic amines) is 1. The molecule has 38 heavy (non-hydrogen) atoms. The molecular weight excluding hydrogens is 494 g/mol. The van der Waals surface area contributed by atoms with Gasteiger partial charge in [-0.1, -0.05) is 13.0 Å². The van der Waals surface area contributed by atoms with E-state index < -0.39 is 23.3 Å². The van der Waals surface area contributed by atoms with Crippen LogP contribution in [0.5, 0.6) is 0 Å². The number of nitrogens with zero attached hydrogens (tertiary/aromatic N) is 4. The maximum atomic E-state index is 14.7. The van der Waals surface area contributed by atoms with Crippen molar-refractivity contribution in [3.8, 4) is 11.1 Å². The van der Waals surface area contributed by atoms with Crippen LogP contribution in [0, 0.1) is 29.2 Å². The zero-order chi connectivity index (χ0) is 26.9. The van der Waals surface area contributed by atoms with E-state index in [9.17, 15) is 17.6 Å². The molecule has 1 N–H and O–H groups in total. The molecule has 2 fully saturated rings. The second-order valence-corrected chi connectivity index (χ2v) is 11.0. The quantitative estimate of drug-likeness (QED) is 0.308. The van der Waals surface area contributed by atoms with Crippen molar-refractivity contribution in [3.05, 3.63) is 71.4 Å². The number of hydrogen-bond donors (Lipinski definition) is 1. The lowest BCUT2D eigenvalue weighted by atomic mass is 9.92. The van der Waals surface area contributed by atoms with Gasteiger partial charge in [-0.3, -0.25) is 0 Å². The van der Waals surface area contributed by atoms with Crippen LogP contribution in [-0.2, 0) is 6.54 Å². The minimum absolute atomic E-state index is 0.00841. The summed E-state index contributed by atoms with van der Waals surface area (Å²) in [6.07, 6.45) is 6.16. The van der Waals surface area contributed by atoms with Gasteiger partial charge in [-0.15, -0.1) is 0 Å². The first-order valence-corrected chi connectivity index (χ1v) is 13.3. The number of aromatic nitrogens is 2. The molecule has 2 saturated heterocycles. The fourth-order valence-corrected chi connectivity index (χ4v) is 6.13. The molecule has 2 aromatic carbocycles. The van der Waals surface area contributed by atoms with Gasteiger partial charge in [0.15, 0.2) is 0 Å². The highest BCUT2D eigenvalue weighted by Gasteiger charge is 2.39. The molecule has 3 aromatic rings. The van der Waals surface area contributed by atoms with Crippen LogP contribution >= 0.6 is 0 Å². The molecule has 1 aromatic heterocycles. The van der Waals surface area contributed by atoms with Crippen molar-refractivity contribution in [2.45, 2.75) is 45.2 Å². The Balaban J connectivity index is 1.38. The average molecular weight is 529 g/mol. The van der Waals surface area contributed by atoms with Crippen LogP contribution in [0.1, 0.15) is 38.2 Å². The van der Waals surface area contributed by atoms with E-state index in [0.717, 1.165) is 48.5 Å². The summed E-state index contributed by atoms with van der Waals surface area (Å²) >= 11 is 0. The molecule has 9 heteroatoms. The van der Waals surface area contributed by atoms with Gasteiger partial charge in [-0.25, -0.2) is 22.5 Å². The van der Waals surface area contributed by atoms with Crippen LogP contribution in [0.2, 0.25) is 0 Å². The number of benzene rings is 2. The molecule has 2 unspecified atom stereocenters. The van der Waals surface area contributed by atoms with E-state index in [0.29, 0.717) is 23.4 Å². The van der Waals surface area contributed by atoms with E-state index >= 15 is 0 Å². The Morgan fingerprint density at radius 1 is 0.947 bits per heavy atom. The van der Waals surface area contributed by atoms with Gasteiger partial charge >= 0.3 is 0 Å². The summed E-state index contributed by atoms with van der Waals surface area (Å²) in [6.45, 7) is 6.40. The van der Waals surface area contributed by atoms with Gasteiger partial charge in [0.2, 0.25) is 5.95 Å². The van der Waals surface area contributed by atoms with Crippen LogP contribution in [0.3, 0.4) is 0 Å². The minimum Gasteiger partial charge on any atom is -0.365 e. The SMILES string of the molecule is CC1CCC[N+](C)(C2CCN(c3ncc(-c4ccc(F)cc4F)c(NCc4ccc(F)cc4F)n3)CC2)C1. The van der Waals surface area contributed by atoms with Crippen LogP contribution in [0.25, 0.3) is 11.1 Å². The molecule has 0 aliphatic carbocycles. The van der Waals surface area contributed by atoms with Crippen molar-refractivity contribution >= 4 is 11.8 Å². The van der Waals surface area contributed by atoms with Gasteiger partial charge in [-0.2, -0.15) is 4.98 Å². The fraction of sp³-hybridized carbons (Fsp3) is 0.448. The van der Waals surface area contributed by atoms with Gasteiger partial charge in [0.25, 0.3) is 0 Å². The van der Waals surface area contributed by atoms with Crippen LogP contribution in [-0.4, -0.2) is 53.7 Å². The lowest BCUT2D eigenvalue weighted by Crippen LogP contribution is -2.60. The molecule has 0 spiro atoms. The summed E-state index contributed by atoms with van der Waals surface area (Å²) < 4.78 is 57.0. The molecule has 5 rings (SSSR count). The number of anilines is 2. The average Bonchev–Trinajstić information content (AvgIpc) is 2.88. The highest BCUT2D eigenvalue weighted by atomic mass is 19.1. The predicted molar refractivity (Wildman–Crippen MR) is 141 cm³/mol. The van der Waals surface area contributed by atoms with Gasteiger partial charge in [0, 0.05) is 73.4 Å². The van der Waals surface area contributed by atoms with E-state index in [-0.39, 0.29) is 17.7 Å². The first-order chi connectivity index (χ1) is 18.2. The van der Waals surface area contributed by atoms with Crippen LogP contribution < -0.4 is 10.2 Å². The molecule has 202 valence electrons. The second-order valence-electron chi connectivity index (χ2n) is 11.0. The molecular formula is C29H34F4N5+. The molecule has 2 aliphatic rings. The highest BCUT2D eigenvalue weighted by Crippen LogP contribution is 2.33. The van der Waals surface area contributed by atoms with Gasteiger partial charge in [-0.05, 0) is 31.0 Å². The Hall–Kier alpha value is -3.20. The maximum Gasteiger partial charge on any atom is 0.227 e. The normalized spacial score (nSPS) is 22.5. The molecule has 0 saturated carbocycles. The first kappa shape index (κ1) is 26.4. The molecule has 0 radical (unpaired) electrons. The van der Waals surface area contributed by atoms with Crippen molar-refractivity contribution < 1.29 is 22.0 Å². The van der Waals surface area contributed by atoms with Crippen molar-refractivity contribution in [2.75, 3.05) is 43.4 Å². The van der Waals surface area contributed by atoms with Crippen LogP contribution in [0.15, 0.2) is 42.6 Å². The van der Waals surface area contributed by atoms with E-state index in [4.69, 9.17) is 4.98 Å². The third-order valence-corrected chi connectivity index (χ3v) is 8.18. The molecule has 5 nitrogen and oxygen atoms in total. The van der Waals surface area contributed by atoms with Crippen LogP contribution in [0.4, 0.5) is 29.3 Å². The van der Waals surface area contributed by atoms with Crippen molar-refractivity contribution in [2.24, 2.45) is 5.92 Å². The third kappa shape index (κ3) is 5.62. The smallest absolute Gasteiger partial charge is 0.227 e. The summed E-state index contributed by atoms with van der Waals surface area (Å²) in [5, 5.41) is 3.08. The Morgan fingerprint density at radius 3 is 2.34 bits per heavy atom. The Bertz CT molecular complexity index is 1290. The number of quaternary nitrogens is 1. The molecule has 2 atom stereocenters. The first-order valence-electron chi connectivity index (χ1n) is 13.3. The predicted octanol–water partition coefficient (Wildman–Crippen LogP) is 6.16.